The standard InChI is InChI=1S/C17H35N3O/c1-17(2,3)14(8-11-18)6-7-16(21)20(5)15-9-12-19(4)13-10-15/h14-15H,6-13,18H2,1-5H3. The second kappa shape index (κ2) is 8.14. The third kappa shape index (κ3) is 5.95. The van der Waals surface area contributed by atoms with Crippen LogP contribution in [0.15, 0.2) is 0 Å². The number of carbonyl (C=O) groups is 1. The minimum atomic E-state index is 0.228. The molecule has 1 unspecified atom stereocenters. The fourth-order valence-corrected chi connectivity index (χ4v) is 3.27. The molecular weight excluding hydrogens is 262 g/mol. The van der Waals surface area contributed by atoms with Crippen molar-refractivity contribution < 1.29 is 4.79 Å². The highest BCUT2D eigenvalue weighted by molar-refractivity contribution is 5.76. The van der Waals surface area contributed by atoms with Gasteiger partial charge in [0.2, 0.25) is 5.91 Å². The van der Waals surface area contributed by atoms with E-state index in [1.165, 1.54) is 0 Å². The van der Waals surface area contributed by atoms with Crippen LogP contribution < -0.4 is 5.73 Å². The molecule has 1 amide bonds. The van der Waals surface area contributed by atoms with Gasteiger partial charge in [0.25, 0.3) is 0 Å². The number of nitrogens with zero attached hydrogens (tertiary/aromatic N) is 2. The summed E-state index contributed by atoms with van der Waals surface area (Å²) in [5, 5.41) is 0. The van der Waals surface area contributed by atoms with Crippen molar-refractivity contribution in [3.8, 4) is 0 Å². The Hall–Kier alpha value is -0.610. The third-order valence-corrected chi connectivity index (χ3v) is 5.08. The van der Waals surface area contributed by atoms with Crippen molar-refractivity contribution in [3.63, 3.8) is 0 Å². The van der Waals surface area contributed by atoms with Gasteiger partial charge in [0.1, 0.15) is 0 Å². The topological polar surface area (TPSA) is 49.6 Å². The van der Waals surface area contributed by atoms with Gasteiger partial charge in [-0.1, -0.05) is 20.8 Å². The van der Waals surface area contributed by atoms with Crippen LogP contribution >= 0.6 is 0 Å². The van der Waals surface area contributed by atoms with Gasteiger partial charge < -0.3 is 15.5 Å². The quantitative estimate of drug-likeness (QED) is 0.818. The second-order valence-corrected chi connectivity index (χ2v) is 7.72. The van der Waals surface area contributed by atoms with Crippen LogP contribution in [0.4, 0.5) is 0 Å². The van der Waals surface area contributed by atoms with Crippen molar-refractivity contribution in [3.05, 3.63) is 0 Å². The first-order chi connectivity index (χ1) is 9.75. The maximum Gasteiger partial charge on any atom is 0.222 e. The molecule has 0 aromatic rings. The van der Waals surface area contributed by atoms with E-state index in [2.05, 4.69) is 32.7 Å². The molecule has 2 N–H and O–H groups in total. The first kappa shape index (κ1) is 18.4. The molecule has 1 rings (SSSR count). The van der Waals surface area contributed by atoms with Crippen LogP contribution in [0.1, 0.15) is 52.9 Å². The summed E-state index contributed by atoms with van der Waals surface area (Å²) in [6.45, 7) is 9.65. The van der Waals surface area contributed by atoms with Gasteiger partial charge in [0.15, 0.2) is 0 Å². The number of nitrogens with two attached hydrogens (primary N) is 1. The van der Waals surface area contributed by atoms with Crippen molar-refractivity contribution >= 4 is 5.91 Å². The van der Waals surface area contributed by atoms with Crippen molar-refractivity contribution in [2.75, 3.05) is 33.7 Å². The van der Waals surface area contributed by atoms with E-state index in [9.17, 15) is 4.79 Å². The van der Waals surface area contributed by atoms with E-state index in [0.29, 0.717) is 30.8 Å². The smallest absolute Gasteiger partial charge is 0.222 e. The Morgan fingerprint density at radius 1 is 1.29 bits per heavy atom. The fraction of sp³-hybridized carbons (Fsp3) is 0.941. The van der Waals surface area contributed by atoms with Crippen molar-refractivity contribution in [1.29, 1.82) is 0 Å². The Balaban J connectivity index is 2.44. The zero-order chi connectivity index (χ0) is 16.0. The zero-order valence-corrected chi connectivity index (χ0v) is 14.7. The molecular formula is C17H35N3O. The van der Waals surface area contributed by atoms with Crippen LogP contribution in [0.25, 0.3) is 0 Å². The number of piperidine rings is 1. The van der Waals surface area contributed by atoms with Gasteiger partial charge in [-0.05, 0) is 63.7 Å². The van der Waals surface area contributed by atoms with Gasteiger partial charge in [-0.25, -0.2) is 0 Å². The number of hydrogen-bond acceptors (Lipinski definition) is 3. The van der Waals surface area contributed by atoms with Crippen LogP contribution in [-0.4, -0.2) is 55.5 Å². The summed E-state index contributed by atoms with van der Waals surface area (Å²) in [5.74, 6) is 0.827. The summed E-state index contributed by atoms with van der Waals surface area (Å²) in [5.41, 5.74) is 5.95. The highest BCUT2D eigenvalue weighted by Gasteiger charge is 2.27. The zero-order valence-electron chi connectivity index (χ0n) is 14.7. The molecule has 4 nitrogen and oxygen atoms in total. The molecule has 1 atom stereocenters. The lowest BCUT2D eigenvalue weighted by Crippen LogP contribution is -2.44. The van der Waals surface area contributed by atoms with Gasteiger partial charge in [0, 0.05) is 19.5 Å². The average molecular weight is 297 g/mol. The van der Waals surface area contributed by atoms with E-state index < -0.39 is 0 Å². The minimum absolute atomic E-state index is 0.228. The Morgan fingerprint density at radius 3 is 2.33 bits per heavy atom. The molecule has 0 radical (unpaired) electrons. The predicted octanol–water partition coefficient (Wildman–Crippen LogP) is 2.33. The van der Waals surface area contributed by atoms with Crippen LogP contribution in [0.2, 0.25) is 0 Å². The molecule has 124 valence electrons. The van der Waals surface area contributed by atoms with Crippen molar-refractivity contribution in [2.24, 2.45) is 17.1 Å². The monoisotopic (exact) mass is 297 g/mol. The van der Waals surface area contributed by atoms with Gasteiger partial charge >= 0.3 is 0 Å². The average Bonchev–Trinajstić information content (AvgIpc) is 2.42. The summed E-state index contributed by atoms with van der Waals surface area (Å²) in [6, 6.07) is 0.427. The Morgan fingerprint density at radius 2 is 1.86 bits per heavy atom. The highest BCUT2D eigenvalue weighted by atomic mass is 16.2. The third-order valence-electron chi connectivity index (χ3n) is 5.08. The molecule has 21 heavy (non-hydrogen) atoms. The largest absolute Gasteiger partial charge is 0.343 e. The van der Waals surface area contributed by atoms with E-state index >= 15 is 0 Å². The van der Waals surface area contributed by atoms with Crippen molar-refractivity contribution in [1.82, 2.24) is 9.80 Å². The summed E-state index contributed by atoms with van der Waals surface area (Å²) in [6.07, 6.45) is 4.82. The predicted molar refractivity (Wildman–Crippen MR) is 89.1 cm³/mol. The minimum Gasteiger partial charge on any atom is -0.343 e. The lowest BCUT2D eigenvalue weighted by molar-refractivity contribution is -0.133. The number of amides is 1. The second-order valence-electron chi connectivity index (χ2n) is 7.72. The number of rotatable bonds is 6. The molecule has 4 heteroatoms. The fourth-order valence-electron chi connectivity index (χ4n) is 3.27. The van der Waals surface area contributed by atoms with E-state index in [0.717, 1.165) is 38.8 Å². The molecule has 1 fully saturated rings. The molecule has 0 saturated carbocycles. The molecule has 1 aliphatic heterocycles. The highest BCUT2D eigenvalue weighted by Crippen LogP contribution is 2.32. The summed E-state index contributed by atoms with van der Waals surface area (Å²) in [7, 11) is 4.13. The Bertz CT molecular complexity index is 316. The lowest BCUT2D eigenvalue weighted by Gasteiger charge is -2.36. The Labute approximate surface area is 131 Å². The SMILES string of the molecule is CN1CCC(N(C)C(=O)CCC(CCN)C(C)(C)C)CC1. The molecule has 1 aliphatic rings. The number of hydrogen-bond donors (Lipinski definition) is 1. The van der Waals surface area contributed by atoms with Crippen LogP contribution in [0.3, 0.4) is 0 Å². The van der Waals surface area contributed by atoms with Crippen molar-refractivity contribution in [2.45, 2.75) is 58.9 Å². The molecule has 1 saturated heterocycles. The Kier molecular flexibility index (Phi) is 7.14. The van der Waals surface area contributed by atoms with Crippen LogP contribution in [0.5, 0.6) is 0 Å². The number of carbonyl (C=O) groups excluding carboxylic acids is 1. The van der Waals surface area contributed by atoms with Gasteiger partial charge in [-0.3, -0.25) is 4.79 Å². The van der Waals surface area contributed by atoms with E-state index in [1.54, 1.807) is 0 Å². The van der Waals surface area contributed by atoms with E-state index in [-0.39, 0.29) is 5.41 Å². The molecule has 0 aromatic heterocycles. The van der Waals surface area contributed by atoms with Gasteiger partial charge in [0.05, 0.1) is 0 Å². The maximum absolute atomic E-state index is 12.4. The molecule has 0 aromatic carbocycles. The van der Waals surface area contributed by atoms with Gasteiger partial charge in [-0.15, -0.1) is 0 Å². The molecule has 1 heterocycles. The first-order valence-electron chi connectivity index (χ1n) is 8.40. The van der Waals surface area contributed by atoms with Crippen LogP contribution in [-0.2, 0) is 4.79 Å². The summed E-state index contributed by atoms with van der Waals surface area (Å²) in [4.78, 5) is 16.8. The van der Waals surface area contributed by atoms with Gasteiger partial charge in [-0.2, -0.15) is 0 Å². The summed E-state index contributed by atoms with van der Waals surface area (Å²) < 4.78 is 0. The number of likely N-dealkylation sites (tertiary alicyclic amines) is 1. The first-order valence-corrected chi connectivity index (χ1v) is 8.40. The normalized spacial score (nSPS) is 19.5. The van der Waals surface area contributed by atoms with E-state index in [1.807, 2.05) is 11.9 Å². The maximum atomic E-state index is 12.4. The molecule has 0 spiro atoms. The lowest BCUT2D eigenvalue weighted by atomic mass is 9.76. The van der Waals surface area contributed by atoms with Crippen LogP contribution in [0, 0.1) is 11.3 Å². The summed E-state index contributed by atoms with van der Waals surface area (Å²) >= 11 is 0. The molecule has 0 bridgehead atoms. The van der Waals surface area contributed by atoms with E-state index in [4.69, 9.17) is 5.73 Å². The molecule has 0 aliphatic carbocycles.